The molecule has 3 nitrogen and oxygen atoms in total. The topological polar surface area (TPSA) is 23.6 Å². The van der Waals surface area contributed by atoms with Crippen LogP contribution in [0.4, 0.5) is 0 Å². The van der Waals surface area contributed by atoms with Crippen LogP contribution < -0.4 is 0 Å². The maximum Gasteiger partial charge on any atom is 0.226 e. The van der Waals surface area contributed by atoms with Crippen molar-refractivity contribution >= 4 is 5.91 Å². The average Bonchev–Trinajstić information content (AvgIpc) is 3.43. The summed E-state index contributed by atoms with van der Waals surface area (Å²) in [6.07, 6.45) is 18.8. The summed E-state index contributed by atoms with van der Waals surface area (Å²) >= 11 is 0. The van der Waals surface area contributed by atoms with Gasteiger partial charge in [-0.3, -0.25) is 9.69 Å². The largest absolute Gasteiger partial charge is 0.340 e. The van der Waals surface area contributed by atoms with Crippen molar-refractivity contribution in [2.75, 3.05) is 26.2 Å². The fourth-order valence-corrected chi connectivity index (χ4v) is 4.54. The number of piperazine rings is 1. The van der Waals surface area contributed by atoms with Gasteiger partial charge in [-0.2, -0.15) is 0 Å². The number of rotatable bonds is 3. The quantitative estimate of drug-likeness (QED) is 0.796. The summed E-state index contributed by atoms with van der Waals surface area (Å²) in [5.74, 6) is 1.88. The van der Waals surface area contributed by atoms with E-state index < -0.39 is 0 Å². The minimum atomic E-state index is 0.289. The summed E-state index contributed by atoms with van der Waals surface area (Å²) in [6.45, 7) is 6.05. The highest BCUT2D eigenvalue weighted by Crippen LogP contribution is 2.48. The monoisotopic (exact) mass is 324 g/mol. The standard InChI is InChI=1S/C21H28N2O/c1-16-7-5-6-10-20(16)22-11-13-23(14-12-22)21(24)19-15-18(19)17-8-3-2-4-9-17/h2-8,17-20H,9-15H2,1H3/t17?,18-,19+,20?/m1/s1. The van der Waals surface area contributed by atoms with Crippen LogP contribution in [-0.4, -0.2) is 47.9 Å². The van der Waals surface area contributed by atoms with Crippen LogP contribution >= 0.6 is 0 Å². The first-order valence-electron chi connectivity index (χ1n) is 9.43. The Balaban J connectivity index is 1.28. The van der Waals surface area contributed by atoms with Crippen molar-refractivity contribution in [3.63, 3.8) is 0 Å². The smallest absolute Gasteiger partial charge is 0.226 e. The third-order valence-corrected chi connectivity index (χ3v) is 6.17. The molecule has 0 radical (unpaired) electrons. The first-order chi connectivity index (χ1) is 11.7. The number of carbonyl (C=O) groups excluding carboxylic acids is 1. The molecule has 2 fully saturated rings. The second-order valence-corrected chi connectivity index (χ2v) is 7.67. The summed E-state index contributed by atoms with van der Waals surface area (Å²) in [5, 5.41) is 0. The van der Waals surface area contributed by atoms with Crippen molar-refractivity contribution in [1.82, 2.24) is 9.80 Å². The Bertz CT molecular complexity index is 607. The fourth-order valence-electron chi connectivity index (χ4n) is 4.54. The van der Waals surface area contributed by atoms with Crippen molar-refractivity contribution < 1.29 is 4.79 Å². The van der Waals surface area contributed by atoms with E-state index in [1.54, 1.807) is 0 Å². The predicted octanol–water partition coefficient (Wildman–Crippen LogP) is 3.17. The van der Waals surface area contributed by atoms with E-state index in [1.807, 2.05) is 0 Å². The SMILES string of the molecule is CC1=CC=CCC1N1CCN(C(=O)[C@H]2C[C@@H]2C2C=CC=CC2)CC1. The number of amides is 1. The molecule has 1 amide bonds. The van der Waals surface area contributed by atoms with Gasteiger partial charge in [-0.25, -0.2) is 0 Å². The minimum absolute atomic E-state index is 0.289. The van der Waals surface area contributed by atoms with Crippen molar-refractivity contribution in [2.45, 2.75) is 32.2 Å². The van der Waals surface area contributed by atoms with E-state index in [-0.39, 0.29) is 5.92 Å². The van der Waals surface area contributed by atoms with Gasteiger partial charge >= 0.3 is 0 Å². The normalized spacial score (nSPS) is 35.9. The molecule has 24 heavy (non-hydrogen) atoms. The minimum Gasteiger partial charge on any atom is -0.340 e. The van der Waals surface area contributed by atoms with Gasteiger partial charge in [0.25, 0.3) is 0 Å². The molecule has 0 aromatic rings. The molecule has 0 spiro atoms. The first kappa shape index (κ1) is 15.9. The van der Waals surface area contributed by atoms with E-state index >= 15 is 0 Å². The molecule has 4 aliphatic rings. The Labute approximate surface area is 145 Å². The molecule has 3 heteroatoms. The first-order valence-corrected chi connectivity index (χ1v) is 9.43. The van der Waals surface area contributed by atoms with Crippen LogP contribution in [0.5, 0.6) is 0 Å². The number of hydrogen-bond acceptors (Lipinski definition) is 2. The Morgan fingerprint density at radius 2 is 1.83 bits per heavy atom. The lowest BCUT2D eigenvalue weighted by molar-refractivity contribution is -0.135. The summed E-state index contributed by atoms with van der Waals surface area (Å²) in [4.78, 5) is 17.5. The van der Waals surface area contributed by atoms with E-state index in [1.165, 1.54) is 5.57 Å². The molecule has 1 saturated heterocycles. The maximum absolute atomic E-state index is 12.8. The molecule has 0 bridgehead atoms. The molecule has 4 rings (SSSR count). The molecule has 4 atom stereocenters. The van der Waals surface area contributed by atoms with Gasteiger partial charge in [-0.1, -0.05) is 48.1 Å². The summed E-state index contributed by atoms with van der Waals surface area (Å²) < 4.78 is 0. The highest BCUT2D eigenvalue weighted by atomic mass is 16.2. The fraction of sp³-hybridized carbons (Fsp3) is 0.571. The highest BCUT2D eigenvalue weighted by molar-refractivity contribution is 5.82. The highest BCUT2D eigenvalue weighted by Gasteiger charge is 2.48. The predicted molar refractivity (Wildman–Crippen MR) is 97.4 cm³/mol. The third kappa shape index (κ3) is 3.14. The Morgan fingerprint density at radius 3 is 2.54 bits per heavy atom. The lowest BCUT2D eigenvalue weighted by Crippen LogP contribution is -2.52. The molecule has 128 valence electrons. The number of carbonyl (C=O) groups is 1. The molecule has 0 aromatic carbocycles. The molecule has 0 N–H and O–H groups in total. The van der Waals surface area contributed by atoms with E-state index in [0.717, 1.165) is 45.4 Å². The molecular formula is C21H28N2O. The van der Waals surface area contributed by atoms with E-state index in [4.69, 9.17) is 0 Å². The Morgan fingerprint density at radius 1 is 1.04 bits per heavy atom. The van der Waals surface area contributed by atoms with Crippen molar-refractivity contribution in [3.05, 3.63) is 48.1 Å². The van der Waals surface area contributed by atoms with Crippen molar-refractivity contribution in [2.24, 2.45) is 17.8 Å². The van der Waals surface area contributed by atoms with Crippen LogP contribution in [0.15, 0.2) is 48.1 Å². The second-order valence-electron chi connectivity index (χ2n) is 7.67. The van der Waals surface area contributed by atoms with E-state index in [2.05, 4.69) is 59.3 Å². The van der Waals surface area contributed by atoms with E-state index in [0.29, 0.717) is 23.8 Å². The zero-order chi connectivity index (χ0) is 16.5. The number of allylic oxidation sites excluding steroid dienone is 6. The zero-order valence-electron chi connectivity index (χ0n) is 14.6. The third-order valence-electron chi connectivity index (χ3n) is 6.17. The van der Waals surface area contributed by atoms with Crippen LogP contribution in [0.25, 0.3) is 0 Å². The molecular weight excluding hydrogens is 296 g/mol. The van der Waals surface area contributed by atoms with E-state index in [9.17, 15) is 4.79 Å². The van der Waals surface area contributed by atoms with Crippen LogP contribution in [-0.2, 0) is 4.79 Å². The maximum atomic E-state index is 12.8. The summed E-state index contributed by atoms with van der Waals surface area (Å²) in [7, 11) is 0. The van der Waals surface area contributed by atoms with Gasteiger partial charge in [0.05, 0.1) is 0 Å². The van der Waals surface area contributed by atoms with Gasteiger partial charge in [0, 0.05) is 38.1 Å². The van der Waals surface area contributed by atoms with Gasteiger partial charge in [0.15, 0.2) is 0 Å². The number of nitrogens with zero attached hydrogens (tertiary/aromatic N) is 2. The van der Waals surface area contributed by atoms with Crippen LogP contribution in [0, 0.1) is 17.8 Å². The van der Waals surface area contributed by atoms with Gasteiger partial charge in [0.2, 0.25) is 5.91 Å². The summed E-state index contributed by atoms with van der Waals surface area (Å²) in [5.41, 5.74) is 1.46. The molecule has 1 saturated carbocycles. The van der Waals surface area contributed by atoms with Crippen LogP contribution in [0.1, 0.15) is 26.2 Å². The second kappa shape index (κ2) is 6.72. The Kier molecular flexibility index (Phi) is 4.45. The molecule has 1 heterocycles. The zero-order valence-corrected chi connectivity index (χ0v) is 14.6. The van der Waals surface area contributed by atoms with Crippen LogP contribution in [0.3, 0.4) is 0 Å². The average molecular weight is 324 g/mol. The number of hydrogen-bond donors (Lipinski definition) is 0. The van der Waals surface area contributed by atoms with Gasteiger partial charge in [-0.05, 0) is 38.0 Å². The molecule has 0 aromatic heterocycles. The molecule has 3 aliphatic carbocycles. The van der Waals surface area contributed by atoms with Crippen molar-refractivity contribution in [3.8, 4) is 0 Å². The molecule has 2 unspecified atom stereocenters. The summed E-state index contributed by atoms with van der Waals surface area (Å²) in [6, 6.07) is 0.542. The van der Waals surface area contributed by atoms with Gasteiger partial charge in [0.1, 0.15) is 0 Å². The lowest BCUT2D eigenvalue weighted by Gasteiger charge is -2.40. The Hall–Kier alpha value is -1.61. The van der Waals surface area contributed by atoms with Gasteiger partial charge < -0.3 is 4.90 Å². The molecule has 1 aliphatic heterocycles. The lowest BCUT2D eigenvalue weighted by atomic mass is 9.94. The van der Waals surface area contributed by atoms with Gasteiger partial charge in [-0.15, -0.1) is 0 Å². The van der Waals surface area contributed by atoms with Crippen LogP contribution in [0.2, 0.25) is 0 Å². The van der Waals surface area contributed by atoms with Crippen molar-refractivity contribution in [1.29, 1.82) is 0 Å².